The van der Waals surface area contributed by atoms with Gasteiger partial charge >= 0.3 is 0 Å². The summed E-state index contributed by atoms with van der Waals surface area (Å²) in [5.74, 6) is 0. The normalized spacial score (nSPS) is 24.0. The van der Waals surface area contributed by atoms with E-state index in [1.54, 1.807) is 0 Å². The summed E-state index contributed by atoms with van der Waals surface area (Å²) in [5, 5.41) is 3.47. The second-order valence-electron chi connectivity index (χ2n) is 5.15. The van der Waals surface area contributed by atoms with E-state index < -0.39 is 0 Å². The maximum atomic E-state index is 3.47. The number of likely N-dealkylation sites (tertiary alicyclic amines) is 1. The van der Waals surface area contributed by atoms with Crippen molar-refractivity contribution in [3.63, 3.8) is 0 Å². The number of piperidine rings is 1. The second kappa shape index (κ2) is 6.46. The lowest BCUT2D eigenvalue weighted by Crippen LogP contribution is -2.47. The topological polar surface area (TPSA) is 18.5 Å². The van der Waals surface area contributed by atoms with Crippen LogP contribution in [-0.2, 0) is 0 Å². The standard InChI is InChI=1S/C12H27N3/c1-11(2)13-7-9-15(4)12-6-5-8-14(3)10-12/h11-13H,5-10H2,1-4H3. The van der Waals surface area contributed by atoms with Crippen LogP contribution in [0.25, 0.3) is 0 Å². The molecule has 1 rings (SSSR count). The van der Waals surface area contributed by atoms with Gasteiger partial charge in [0.05, 0.1) is 0 Å². The molecule has 0 saturated carbocycles. The molecule has 0 aliphatic carbocycles. The first kappa shape index (κ1) is 12.9. The number of likely N-dealkylation sites (N-methyl/N-ethyl adjacent to an activating group) is 2. The Morgan fingerprint density at radius 3 is 2.80 bits per heavy atom. The lowest BCUT2D eigenvalue weighted by atomic mass is 10.1. The summed E-state index contributed by atoms with van der Waals surface area (Å²) in [4.78, 5) is 4.95. The molecule has 0 aromatic rings. The minimum absolute atomic E-state index is 0.604. The highest BCUT2D eigenvalue weighted by molar-refractivity contribution is 4.77. The molecule has 0 amide bonds. The lowest BCUT2D eigenvalue weighted by Gasteiger charge is -2.36. The molecular formula is C12H27N3. The quantitative estimate of drug-likeness (QED) is 0.735. The summed E-state index contributed by atoms with van der Waals surface area (Å²) >= 11 is 0. The summed E-state index contributed by atoms with van der Waals surface area (Å²) in [6.07, 6.45) is 2.71. The first-order chi connectivity index (χ1) is 7.09. The first-order valence-electron chi connectivity index (χ1n) is 6.21. The zero-order valence-electron chi connectivity index (χ0n) is 10.8. The van der Waals surface area contributed by atoms with Gasteiger partial charge in [-0.25, -0.2) is 0 Å². The maximum Gasteiger partial charge on any atom is 0.0221 e. The molecule has 15 heavy (non-hydrogen) atoms. The van der Waals surface area contributed by atoms with Crippen molar-refractivity contribution in [1.29, 1.82) is 0 Å². The third-order valence-electron chi connectivity index (χ3n) is 3.24. The Hall–Kier alpha value is -0.120. The minimum atomic E-state index is 0.604. The third-order valence-corrected chi connectivity index (χ3v) is 3.24. The third kappa shape index (κ3) is 4.96. The van der Waals surface area contributed by atoms with E-state index in [2.05, 4.69) is 43.1 Å². The molecular weight excluding hydrogens is 186 g/mol. The van der Waals surface area contributed by atoms with Crippen molar-refractivity contribution in [3.8, 4) is 0 Å². The zero-order chi connectivity index (χ0) is 11.3. The average molecular weight is 213 g/mol. The van der Waals surface area contributed by atoms with E-state index in [1.165, 1.54) is 25.9 Å². The Morgan fingerprint density at radius 2 is 2.20 bits per heavy atom. The number of rotatable bonds is 5. The van der Waals surface area contributed by atoms with Crippen LogP contribution in [0, 0.1) is 0 Å². The predicted octanol–water partition coefficient (Wildman–Crippen LogP) is 1.01. The Bertz CT molecular complexity index is 170. The second-order valence-corrected chi connectivity index (χ2v) is 5.15. The molecule has 1 heterocycles. The molecule has 1 fully saturated rings. The van der Waals surface area contributed by atoms with Crippen molar-refractivity contribution in [2.24, 2.45) is 0 Å². The van der Waals surface area contributed by atoms with Gasteiger partial charge in [-0.05, 0) is 33.5 Å². The molecule has 3 heteroatoms. The molecule has 0 aromatic carbocycles. The van der Waals surface area contributed by atoms with E-state index in [0.29, 0.717) is 6.04 Å². The number of hydrogen-bond acceptors (Lipinski definition) is 3. The van der Waals surface area contributed by atoms with Crippen molar-refractivity contribution in [2.75, 3.05) is 40.3 Å². The van der Waals surface area contributed by atoms with Crippen LogP contribution >= 0.6 is 0 Å². The SMILES string of the molecule is CC(C)NCCN(C)C1CCCN(C)C1. The van der Waals surface area contributed by atoms with Gasteiger partial charge < -0.3 is 15.1 Å². The van der Waals surface area contributed by atoms with Crippen LogP contribution in [-0.4, -0.2) is 62.2 Å². The fourth-order valence-corrected chi connectivity index (χ4v) is 2.21. The molecule has 0 bridgehead atoms. The smallest absolute Gasteiger partial charge is 0.0221 e. The van der Waals surface area contributed by atoms with Crippen LogP contribution in [0.15, 0.2) is 0 Å². The highest BCUT2D eigenvalue weighted by Gasteiger charge is 2.20. The van der Waals surface area contributed by atoms with Gasteiger partial charge in [0.2, 0.25) is 0 Å². The van der Waals surface area contributed by atoms with E-state index in [4.69, 9.17) is 0 Å². The molecule has 1 atom stereocenters. The van der Waals surface area contributed by atoms with Crippen LogP contribution in [0.3, 0.4) is 0 Å². The van der Waals surface area contributed by atoms with E-state index in [9.17, 15) is 0 Å². The number of nitrogens with one attached hydrogen (secondary N) is 1. The highest BCUT2D eigenvalue weighted by atomic mass is 15.2. The summed E-state index contributed by atoms with van der Waals surface area (Å²) < 4.78 is 0. The van der Waals surface area contributed by atoms with E-state index in [-0.39, 0.29) is 0 Å². The van der Waals surface area contributed by atoms with E-state index in [0.717, 1.165) is 19.1 Å². The van der Waals surface area contributed by atoms with Gasteiger partial charge in [0.15, 0.2) is 0 Å². The van der Waals surface area contributed by atoms with Crippen molar-refractivity contribution in [2.45, 2.75) is 38.8 Å². The van der Waals surface area contributed by atoms with Crippen LogP contribution in [0.2, 0.25) is 0 Å². The van der Waals surface area contributed by atoms with Crippen LogP contribution in [0.1, 0.15) is 26.7 Å². The molecule has 3 nitrogen and oxygen atoms in total. The highest BCUT2D eigenvalue weighted by Crippen LogP contribution is 2.12. The van der Waals surface area contributed by atoms with Gasteiger partial charge in [-0.1, -0.05) is 13.8 Å². The molecule has 1 aliphatic heterocycles. The largest absolute Gasteiger partial charge is 0.313 e. The molecule has 0 radical (unpaired) electrons. The summed E-state index contributed by atoms with van der Waals surface area (Å²) in [6.45, 7) is 9.18. The molecule has 1 unspecified atom stereocenters. The molecule has 0 aromatic heterocycles. The van der Waals surface area contributed by atoms with Crippen LogP contribution < -0.4 is 5.32 Å². The first-order valence-corrected chi connectivity index (χ1v) is 6.21. The predicted molar refractivity (Wildman–Crippen MR) is 66.3 cm³/mol. The molecule has 0 spiro atoms. The van der Waals surface area contributed by atoms with Crippen molar-refractivity contribution >= 4 is 0 Å². The Balaban J connectivity index is 2.17. The fourth-order valence-electron chi connectivity index (χ4n) is 2.21. The Morgan fingerprint density at radius 1 is 1.47 bits per heavy atom. The van der Waals surface area contributed by atoms with Crippen molar-refractivity contribution in [1.82, 2.24) is 15.1 Å². The Labute approximate surface area is 94.8 Å². The van der Waals surface area contributed by atoms with Crippen LogP contribution in [0.4, 0.5) is 0 Å². The molecule has 1 N–H and O–H groups in total. The monoisotopic (exact) mass is 213 g/mol. The average Bonchev–Trinajstić information content (AvgIpc) is 2.17. The summed E-state index contributed by atoms with van der Waals surface area (Å²) in [6, 6.07) is 1.37. The van der Waals surface area contributed by atoms with Crippen molar-refractivity contribution in [3.05, 3.63) is 0 Å². The fraction of sp³-hybridized carbons (Fsp3) is 1.00. The summed E-state index contributed by atoms with van der Waals surface area (Å²) in [7, 11) is 4.48. The maximum absolute atomic E-state index is 3.47. The molecule has 90 valence electrons. The van der Waals surface area contributed by atoms with Crippen molar-refractivity contribution < 1.29 is 0 Å². The summed E-state index contributed by atoms with van der Waals surface area (Å²) in [5.41, 5.74) is 0. The van der Waals surface area contributed by atoms with Gasteiger partial charge in [-0.3, -0.25) is 0 Å². The van der Waals surface area contributed by atoms with Gasteiger partial charge in [-0.2, -0.15) is 0 Å². The molecule has 1 saturated heterocycles. The minimum Gasteiger partial charge on any atom is -0.313 e. The zero-order valence-corrected chi connectivity index (χ0v) is 10.8. The molecule has 1 aliphatic rings. The lowest BCUT2D eigenvalue weighted by molar-refractivity contribution is 0.134. The van der Waals surface area contributed by atoms with Gasteiger partial charge in [-0.15, -0.1) is 0 Å². The van der Waals surface area contributed by atoms with Gasteiger partial charge in [0, 0.05) is 31.7 Å². The number of nitrogens with zero attached hydrogens (tertiary/aromatic N) is 2. The van der Waals surface area contributed by atoms with Gasteiger partial charge in [0.1, 0.15) is 0 Å². The number of hydrogen-bond donors (Lipinski definition) is 1. The Kier molecular flexibility index (Phi) is 5.58. The van der Waals surface area contributed by atoms with E-state index in [1.807, 2.05) is 0 Å². The van der Waals surface area contributed by atoms with E-state index >= 15 is 0 Å². The van der Waals surface area contributed by atoms with Crippen LogP contribution in [0.5, 0.6) is 0 Å². The van der Waals surface area contributed by atoms with Gasteiger partial charge in [0.25, 0.3) is 0 Å².